The second-order valence-electron chi connectivity index (χ2n) is 14.8. The SMILES string of the molecule is C=CCCC(=O)N(C)[C@@H](C)[C@@H](OC(=O)[C@@H]1[C@@H]2CC[C@]3(O2)[C@H](C(=O)N(CC=C)CCN2CCOCC2)N([C@@H](CO)[C@@H](C)CC)C(=O)[C@@H]13)c1ccccc1. The summed E-state index contributed by atoms with van der Waals surface area (Å²) in [5, 5.41) is 10.8. The molecule has 5 rings (SSSR count). The number of rotatable bonds is 18. The Labute approximate surface area is 308 Å². The Kier molecular flexibility index (Phi) is 13.3. The van der Waals surface area contributed by atoms with E-state index in [2.05, 4.69) is 18.1 Å². The third-order valence-electron chi connectivity index (χ3n) is 11.9. The number of amides is 3. The molecule has 0 aliphatic carbocycles. The van der Waals surface area contributed by atoms with Crippen molar-refractivity contribution < 1.29 is 38.5 Å². The number of nitrogens with zero attached hydrogens (tertiary/aromatic N) is 4. The summed E-state index contributed by atoms with van der Waals surface area (Å²) in [7, 11) is 1.70. The summed E-state index contributed by atoms with van der Waals surface area (Å²) in [5.74, 6) is -3.38. The van der Waals surface area contributed by atoms with Crippen LogP contribution in [-0.4, -0.2) is 138 Å². The van der Waals surface area contributed by atoms with Crippen molar-refractivity contribution in [3.05, 3.63) is 61.2 Å². The van der Waals surface area contributed by atoms with Gasteiger partial charge in [-0.05, 0) is 37.7 Å². The maximum Gasteiger partial charge on any atom is 0.313 e. The topological polar surface area (TPSA) is 129 Å². The third kappa shape index (κ3) is 7.71. The molecule has 1 N–H and O–H groups in total. The number of ether oxygens (including phenoxy) is 3. The van der Waals surface area contributed by atoms with Gasteiger partial charge >= 0.3 is 5.97 Å². The van der Waals surface area contributed by atoms with E-state index in [1.54, 1.807) is 33.9 Å². The Bertz CT molecular complexity index is 1440. The summed E-state index contributed by atoms with van der Waals surface area (Å²) < 4.78 is 18.6. The number of likely N-dealkylation sites (tertiary alicyclic amines) is 1. The van der Waals surface area contributed by atoms with Gasteiger partial charge in [0.2, 0.25) is 17.7 Å². The normalized spacial score (nSPS) is 27.7. The number of carbonyl (C=O) groups is 4. The van der Waals surface area contributed by atoms with Gasteiger partial charge < -0.3 is 34.0 Å². The van der Waals surface area contributed by atoms with Crippen molar-refractivity contribution in [3.63, 3.8) is 0 Å². The molecule has 1 spiro atoms. The maximum atomic E-state index is 14.9. The van der Waals surface area contributed by atoms with E-state index in [0.717, 1.165) is 18.7 Å². The number of allylic oxidation sites excluding steroid dienone is 1. The van der Waals surface area contributed by atoms with Crippen LogP contribution in [0.3, 0.4) is 0 Å². The highest BCUT2D eigenvalue weighted by molar-refractivity contribution is 5.98. The molecule has 0 aromatic heterocycles. The van der Waals surface area contributed by atoms with Crippen molar-refractivity contribution >= 4 is 23.7 Å². The minimum atomic E-state index is -1.26. The highest BCUT2D eigenvalue weighted by Gasteiger charge is 2.76. The van der Waals surface area contributed by atoms with Gasteiger partial charge in [0.1, 0.15) is 17.7 Å². The Morgan fingerprint density at radius 3 is 2.48 bits per heavy atom. The molecule has 4 heterocycles. The number of likely N-dealkylation sites (N-methyl/N-ethyl adjacent to an activating group) is 1. The average Bonchev–Trinajstić information content (AvgIpc) is 3.82. The highest BCUT2D eigenvalue weighted by atomic mass is 16.6. The predicted octanol–water partition coefficient (Wildman–Crippen LogP) is 3.21. The molecule has 9 atom stereocenters. The smallest absolute Gasteiger partial charge is 0.313 e. The van der Waals surface area contributed by atoms with Gasteiger partial charge in [-0.3, -0.25) is 24.1 Å². The summed E-state index contributed by atoms with van der Waals surface area (Å²) in [4.78, 5) is 64.4. The lowest BCUT2D eigenvalue weighted by molar-refractivity contribution is -0.165. The lowest BCUT2D eigenvalue weighted by atomic mass is 9.70. The van der Waals surface area contributed by atoms with Crippen LogP contribution in [0.25, 0.3) is 0 Å². The number of fused-ring (bicyclic) bond motifs is 1. The molecule has 0 radical (unpaired) electrons. The molecule has 4 aliphatic rings. The molecule has 1 aromatic rings. The standard InChI is InChI=1S/C40H58N4O8/c1-7-10-16-32(46)41(6)28(5)35(29-14-12-11-13-15-29)51-39(49)33-31-17-18-40(52-31)34(33)37(47)44(30(26-45)27(4)9-3)36(40)38(48)43(19-8-2)21-20-42-22-24-50-25-23-42/h7-8,11-15,27-28,30-31,33-36,45H,1-2,9-10,16-26H2,3-6H3/t27-,28-,30-,31-,33+,34+,35+,36-,40+/m0/s1. The number of esters is 1. The first-order chi connectivity index (χ1) is 25.0. The molecule has 3 amide bonds. The van der Waals surface area contributed by atoms with E-state index in [0.29, 0.717) is 52.0 Å². The summed E-state index contributed by atoms with van der Waals surface area (Å²) in [6, 6.07) is 7.09. The summed E-state index contributed by atoms with van der Waals surface area (Å²) in [5.41, 5.74) is -0.539. The highest BCUT2D eigenvalue weighted by Crippen LogP contribution is 2.59. The van der Waals surface area contributed by atoms with E-state index in [1.807, 2.05) is 51.1 Å². The van der Waals surface area contributed by atoms with E-state index in [4.69, 9.17) is 14.2 Å². The largest absolute Gasteiger partial charge is 0.455 e. The Morgan fingerprint density at radius 1 is 1.13 bits per heavy atom. The average molecular weight is 723 g/mol. The summed E-state index contributed by atoms with van der Waals surface area (Å²) >= 11 is 0. The zero-order chi connectivity index (χ0) is 37.6. The first-order valence-electron chi connectivity index (χ1n) is 19.0. The van der Waals surface area contributed by atoms with Gasteiger partial charge in [0.25, 0.3) is 0 Å². The van der Waals surface area contributed by atoms with E-state index < -0.39 is 53.7 Å². The van der Waals surface area contributed by atoms with Crippen molar-refractivity contribution in [1.29, 1.82) is 0 Å². The van der Waals surface area contributed by atoms with Crippen LogP contribution in [0.1, 0.15) is 64.5 Å². The van der Waals surface area contributed by atoms with Gasteiger partial charge in [0.05, 0.1) is 49.8 Å². The molecule has 52 heavy (non-hydrogen) atoms. The second kappa shape index (κ2) is 17.5. The molecule has 4 aliphatic heterocycles. The Balaban J connectivity index is 1.48. The quantitative estimate of drug-likeness (QED) is 0.180. The van der Waals surface area contributed by atoms with Gasteiger partial charge in [-0.2, -0.15) is 0 Å². The van der Waals surface area contributed by atoms with Crippen molar-refractivity contribution in [3.8, 4) is 0 Å². The van der Waals surface area contributed by atoms with Crippen molar-refractivity contribution in [2.24, 2.45) is 17.8 Å². The molecule has 4 fully saturated rings. The molecule has 0 unspecified atom stereocenters. The minimum Gasteiger partial charge on any atom is -0.455 e. The summed E-state index contributed by atoms with van der Waals surface area (Å²) in [6.45, 7) is 17.2. The number of hydrogen-bond acceptors (Lipinski definition) is 9. The molecule has 1 aromatic carbocycles. The molecule has 4 saturated heterocycles. The van der Waals surface area contributed by atoms with Gasteiger partial charge in [0, 0.05) is 46.2 Å². The predicted molar refractivity (Wildman–Crippen MR) is 196 cm³/mol. The van der Waals surface area contributed by atoms with Gasteiger partial charge in [0.15, 0.2) is 0 Å². The number of aliphatic hydroxyl groups is 1. The molecular formula is C40H58N4O8. The first kappa shape index (κ1) is 39.6. The molecular weight excluding hydrogens is 664 g/mol. The molecule has 2 bridgehead atoms. The molecule has 0 saturated carbocycles. The molecule has 286 valence electrons. The van der Waals surface area contributed by atoms with Crippen LogP contribution >= 0.6 is 0 Å². The van der Waals surface area contributed by atoms with Crippen molar-refractivity contribution in [1.82, 2.24) is 19.6 Å². The third-order valence-corrected chi connectivity index (χ3v) is 11.9. The van der Waals surface area contributed by atoms with Crippen LogP contribution in [0.4, 0.5) is 0 Å². The van der Waals surface area contributed by atoms with Crippen LogP contribution in [0.15, 0.2) is 55.6 Å². The fourth-order valence-electron chi connectivity index (χ4n) is 8.64. The number of benzene rings is 1. The maximum absolute atomic E-state index is 14.9. The molecule has 12 nitrogen and oxygen atoms in total. The fraction of sp³-hybridized carbons (Fsp3) is 0.650. The van der Waals surface area contributed by atoms with E-state index in [-0.39, 0.29) is 43.2 Å². The number of hydrogen-bond donors (Lipinski definition) is 1. The van der Waals surface area contributed by atoms with E-state index in [9.17, 15) is 24.3 Å². The Hall–Kier alpha value is -3.58. The van der Waals surface area contributed by atoms with E-state index in [1.165, 1.54) is 0 Å². The first-order valence-corrected chi connectivity index (χ1v) is 19.0. The van der Waals surface area contributed by atoms with E-state index >= 15 is 0 Å². The van der Waals surface area contributed by atoms with Gasteiger partial charge in [-0.25, -0.2) is 0 Å². The van der Waals surface area contributed by atoms with Crippen LogP contribution in [0.5, 0.6) is 0 Å². The fourth-order valence-corrected chi connectivity index (χ4v) is 8.64. The van der Waals surface area contributed by atoms with Crippen LogP contribution in [0.2, 0.25) is 0 Å². The van der Waals surface area contributed by atoms with Gasteiger partial charge in [-0.1, -0.05) is 62.8 Å². The lowest BCUT2D eigenvalue weighted by Gasteiger charge is -2.41. The van der Waals surface area contributed by atoms with Crippen LogP contribution < -0.4 is 0 Å². The van der Waals surface area contributed by atoms with Crippen LogP contribution in [0, 0.1) is 17.8 Å². The summed E-state index contributed by atoms with van der Waals surface area (Å²) in [6.07, 6.45) is 4.32. The Morgan fingerprint density at radius 2 is 1.85 bits per heavy atom. The number of aliphatic hydroxyl groups excluding tert-OH is 1. The van der Waals surface area contributed by atoms with Gasteiger partial charge in [-0.15, -0.1) is 13.2 Å². The number of morpholine rings is 1. The van der Waals surface area contributed by atoms with Crippen molar-refractivity contribution in [2.45, 2.75) is 88.8 Å². The second-order valence-corrected chi connectivity index (χ2v) is 14.8. The van der Waals surface area contributed by atoms with Crippen molar-refractivity contribution in [2.75, 3.05) is 59.6 Å². The zero-order valence-corrected chi connectivity index (χ0v) is 31.4. The lowest BCUT2D eigenvalue weighted by Crippen LogP contribution is -2.60. The molecule has 12 heteroatoms. The van der Waals surface area contributed by atoms with Crippen LogP contribution in [-0.2, 0) is 33.4 Å². The zero-order valence-electron chi connectivity index (χ0n) is 31.4. The monoisotopic (exact) mass is 722 g/mol. The number of carbonyl (C=O) groups excluding carboxylic acids is 4. The minimum absolute atomic E-state index is 0.104.